The van der Waals surface area contributed by atoms with Gasteiger partial charge >= 0.3 is 6.18 Å². The van der Waals surface area contributed by atoms with Crippen molar-refractivity contribution >= 4 is 27.4 Å². The molecule has 164 valence electrons. The maximum Gasteiger partial charge on any atom is 0.393 e. The molecule has 1 spiro atoms. The molecule has 1 saturated carbocycles. The van der Waals surface area contributed by atoms with Crippen LogP contribution in [-0.4, -0.2) is 35.3 Å². The number of hydrogen-bond donors (Lipinski definition) is 1. The molecule has 31 heavy (non-hydrogen) atoms. The van der Waals surface area contributed by atoms with Crippen LogP contribution in [0.2, 0.25) is 0 Å². The van der Waals surface area contributed by atoms with Crippen LogP contribution in [0.5, 0.6) is 0 Å². The molecule has 3 heterocycles. The van der Waals surface area contributed by atoms with E-state index in [1.54, 1.807) is 6.07 Å². The van der Waals surface area contributed by atoms with Crippen LogP contribution in [0.4, 0.5) is 19.0 Å². The quantitative estimate of drug-likeness (QED) is 0.561. The monoisotopic (exact) mass is 446 g/mol. The number of anilines is 1. The summed E-state index contributed by atoms with van der Waals surface area (Å²) in [5.41, 5.74) is 1.57. The van der Waals surface area contributed by atoms with Crippen molar-refractivity contribution in [1.29, 1.82) is 0 Å². The van der Waals surface area contributed by atoms with Gasteiger partial charge in [0.15, 0.2) is 0 Å². The highest BCUT2D eigenvalue weighted by atomic mass is 32.1. The van der Waals surface area contributed by atoms with Gasteiger partial charge in [-0.25, -0.2) is 9.97 Å². The zero-order valence-electron chi connectivity index (χ0n) is 17.3. The van der Waals surface area contributed by atoms with Gasteiger partial charge in [-0.2, -0.15) is 13.2 Å². The number of halogens is 3. The smallest absolute Gasteiger partial charge is 0.355 e. The van der Waals surface area contributed by atoms with Crippen LogP contribution in [0.25, 0.3) is 10.2 Å². The van der Waals surface area contributed by atoms with Crippen molar-refractivity contribution in [2.75, 3.05) is 18.0 Å². The van der Waals surface area contributed by atoms with E-state index in [4.69, 9.17) is 0 Å². The lowest BCUT2D eigenvalue weighted by atomic mass is 9.78. The first kappa shape index (κ1) is 20.7. The molecule has 2 aromatic heterocycles. The van der Waals surface area contributed by atoms with Crippen LogP contribution in [0, 0.1) is 5.41 Å². The van der Waals surface area contributed by atoms with E-state index in [0.29, 0.717) is 21.8 Å². The Kier molecular flexibility index (Phi) is 5.17. The molecule has 1 aliphatic heterocycles. The summed E-state index contributed by atoms with van der Waals surface area (Å²) in [6.07, 6.45) is -0.213. The SMILES string of the molecule is CC(NC1CCC2(C1)CN(c1ncnc3sc(CC(F)(F)F)cc13)C2)c1ccccc1. The molecule has 1 N–H and O–H groups in total. The summed E-state index contributed by atoms with van der Waals surface area (Å²) in [4.78, 5) is 11.8. The Labute approximate surface area is 183 Å². The highest BCUT2D eigenvalue weighted by Gasteiger charge is 2.49. The van der Waals surface area contributed by atoms with Gasteiger partial charge in [-0.3, -0.25) is 0 Å². The van der Waals surface area contributed by atoms with E-state index in [1.807, 2.05) is 6.07 Å². The minimum absolute atomic E-state index is 0.274. The zero-order valence-corrected chi connectivity index (χ0v) is 18.1. The minimum Gasteiger partial charge on any atom is -0.355 e. The van der Waals surface area contributed by atoms with E-state index >= 15 is 0 Å². The maximum atomic E-state index is 12.8. The number of thiophene rings is 1. The predicted octanol–water partition coefficient (Wildman–Crippen LogP) is 5.51. The molecular formula is C23H25F3N4S. The van der Waals surface area contributed by atoms with Crippen molar-refractivity contribution in [3.63, 3.8) is 0 Å². The average Bonchev–Trinajstić information content (AvgIpc) is 3.29. The van der Waals surface area contributed by atoms with Gasteiger partial charge in [-0.1, -0.05) is 30.3 Å². The Morgan fingerprint density at radius 2 is 2.00 bits per heavy atom. The van der Waals surface area contributed by atoms with E-state index < -0.39 is 12.6 Å². The van der Waals surface area contributed by atoms with Gasteiger partial charge in [-0.15, -0.1) is 11.3 Å². The molecule has 4 nitrogen and oxygen atoms in total. The standard InChI is InChI=1S/C23H25F3N4S/c1-15(16-5-3-2-4-6-16)29-17-7-8-22(10-17)12-30(13-22)20-19-9-18(11-23(24,25)26)31-21(19)28-14-27-20/h2-6,9,14-15,17,29H,7-8,10-13H2,1H3. The Morgan fingerprint density at radius 1 is 1.23 bits per heavy atom. The van der Waals surface area contributed by atoms with Gasteiger partial charge in [-0.05, 0) is 37.8 Å². The second-order valence-corrected chi connectivity index (χ2v) is 10.1. The van der Waals surface area contributed by atoms with Crippen LogP contribution in [0.15, 0.2) is 42.7 Å². The van der Waals surface area contributed by atoms with Crippen molar-refractivity contribution in [1.82, 2.24) is 15.3 Å². The molecule has 0 radical (unpaired) electrons. The van der Waals surface area contributed by atoms with Gasteiger partial charge in [0, 0.05) is 35.5 Å². The summed E-state index contributed by atoms with van der Waals surface area (Å²) in [6.45, 7) is 4.02. The Hall–Kier alpha value is -2.19. The number of aromatic nitrogens is 2. The van der Waals surface area contributed by atoms with Crippen molar-refractivity contribution in [2.24, 2.45) is 5.41 Å². The van der Waals surface area contributed by atoms with Gasteiger partial charge < -0.3 is 10.2 Å². The fraction of sp³-hybridized carbons (Fsp3) is 0.478. The highest BCUT2D eigenvalue weighted by Crippen LogP contribution is 2.48. The summed E-state index contributed by atoms with van der Waals surface area (Å²) in [7, 11) is 0. The second-order valence-electron chi connectivity index (χ2n) is 9.02. The predicted molar refractivity (Wildman–Crippen MR) is 117 cm³/mol. The number of hydrogen-bond acceptors (Lipinski definition) is 5. The Balaban J connectivity index is 1.24. The normalized spacial score (nSPS) is 21.5. The molecule has 2 aliphatic rings. The topological polar surface area (TPSA) is 41.0 Å². The molecular weight excluding hydrogens is 421 g/mol. The molecule has 8 heteroatoms. The first-order valence-corrected chi connectivity index (χ1v) is 11.5. The lowest BCUT2D eigenvalue weighted by Crippen LogP contribution is -2.56. The largest absolute Gasteiger partial charge is 0.393 e. The number of fused-ring (bicyclic) bond motifs is 1. The molecule has 1 aromatic carbocycles. The number of nitrogens with zero attached hydrogens (tertiary/aromatic N) is 3. The molecule has 1 aliphatic carbocycles. The van der Waals surface area contributed by atoms with E-state index in [0.717, 1.165) is 48.5 Å². The highest BCUT2D eigenvalue weighted by molar-refractivity contribution is 7.18. The summed E-state index contributed by atoms with van der Waals surface area (Å²) in [6, 6.07) is 12.9. The third kappa shape index (κ3) is 4.28. The molecule has 1 saturated heterocycles. The van der Waals surface area contributed by atoms with Crippen LogP contribution >= 0.6 is 11.3 Å². The van der Waals surface area contributed by atoms with Crippen molar-refractivity contribution < 1.29 is 13.2 Å². The minimum atomic E-state index is -4.21. The Morgan fingerprint density at radius 3 is 2.74 bits per heavy atom. The lowest BCUT2D eigenvalue weighted by Gasteiger charge is -2.49. The lowest BCUT2D eigenvalue weighted by molar-refractivity contribution is -0.126. The van der Waals surface area contributed by atoms with Gasteiger partial charge in [0.05, 0.1) is 11.8 Å². The number of rotatable bonds is 5. The van der Waals surface area contributed by atoms with E-state index in [1.165, 1.54) is 18.3 Å². The molecule has 0 amide bonds. The van der Waals surface area contributed by atoms with Gasteiger partial charge in [0.2, 0.25) is 0 Å². The Bertz CT molecular complexity index is 1060. The van der Waals surface area contributed by atoms with Crippen LogP contribution in [0.3, 0.4) is 0 Å². The summed E-state index contributed by atoms with van der Waals surface area (Å²) >= 11 is 1.11. The maximum absolute atomic E-state index is 12.8. The van der Waals surface area contributed by atoms with Crippen LogP contribution < -0.4 is 10.2 Å². The van der Waals surface area contributed by atoms with E-state index in [2.05, 4.69) is 51.4 Å². The number of alkyl halides is 3. The van der Waals surface area contributed by atoms with Gasteiger partial charge in [0.1, 0.15) is 17.0 Å². The summed E-state index contributed by atoms with van der Waals surface area (Å²) < 4.78 is 38.4. The number of benzene rings is 1. The number of nitrogens with one attached hydrogen (secondary N) is 1. The fourth-order valence-electron chi connectivity index (χ4n) is 5.17. The molecule has 2 unspecified atom stereocenters. The first-order valence-electron chi connectivity index (χ1n) is 10.7. The first-order chi connectivity index (χ1) is 14.8. The third-order valence-electron chi connectivity index (χ3n) is 6.57. The van der Waals surface area contributed by atoms with Crippen molar-refractivity contribution in [3.05, 3.63) is 53.2 Å². The van der Waals surface area contributed by atoms with Gasteiger partial charge in [0.25, 0.3) is 0 Å². The van der Waals surface area contributed by atoms with Crippen molar-refractivity contribution in [2.45, 2.75) is 50.9 Å². The molecule has 0 bridgehead atoms. The molecule has 2 fully saturated rings. The summed E-state index contributed by atoms with van der Waals surface area (Å²) in [5, 5.41) is 4.52. The summed E-state index contributed by atoms with van der Waals surface area (Å²) in [5.74, 6) is 0.773. The molecule has 2 atom stereocenters. The third-order valence-corrected chi connectivity index (χ3v) is 7.62. The van der Waals surface area contributed by atoms with Crippen LogP contribution in [-0.2, 0) is 6.42 Å². The average molecular weight is 447 g/mol. The van der Waals surface area contributed by atoms with Crippen LogP contribution in [0.1, 0.15) is 42.7 Å². The molecule has 5 rings (SSSR count). The molecule has 3 aromatic rings. The van der Waals surface area contributed by atoms with E-state index in [9.17, 15) is 13.2 Å². The van der Waals surface area contributed by atoms with Crippen molar-refractivity contribution in [3.8, 4) is 0 Å². The second kappa shape index (κ2) is 7.74. The fourth-order valence-corrected chi connectivity index (χ4v) is 6.19. The van der Waals surface area contributed by atoms with E-state index in [-0.39, 0.29) is 5.41 Å². The zero-order chi connectivity index (χ0) is 21.6.